The Bertz CT molecular complexity index is 392. The molecule has 1 aromatic rings. The molecule has 4 nitrogen and oxygen atoms in total. The Morgan fingerprint density at radius 3 is 2.70 bits per heavy atom. The van der Waals surface area contributed by atoms with Gasteiger partial charge in [-0.2, -0.15) is 18.3 Å². The number of aromatic nitrogens is 2. The maximum atomic E-state index is 12.0. The van der Waals surface area contributed by atoms with Crippen molar-refractivity contribution in [3.05, 3.63) is 18.0 Å². The minimum atomic E-state index is -4.28. The van der Waals surface area contributed by atoms with Gasteiger partial charge in [-0.15, -0.1) is 0 Å². The maximum Gasteiger partial charge on any atom is 0.411 e. The second kappa shape index (κ2) is 7.64. The van der Waals surface area contributed by atoms with Gasteiger partial charge in [-0.05, 0) is 26.5 Å². The highest BCUT2D eigenvalue weighted by Crippen LogP contribution is 2.15. The Morgan fingerprint density at radius 2 is 2.15 bits per heavy atom. The number of nitrogens with one attached hydrogen (secondary N) is 1. The monoisotopic (exact) mass is 293 g/mol. The number of alkyl halides is 3. The summed E-state index contributed by atoms with van der Waals surface area (Å²) in [6.07, 6.45) is -0.869. The molecule has 2 unspecified atom stereocenters. The molecule has 0 saturated carbocycles. The molecule has 1 N–H and O–H groups in total. The van der Waals surface area contributed by atoms with Gasteiger partial charge in [-0.25, -0.2) is 0 Å². The van der Waals surface area contributed by atoms with Crippen LogP contribution in [0.4, 0.5) is 13.2 Å². The predicted molar refractivity (Wildman–Crippen MR) is 70.7 cm³/mol. The van der Waals surface area contributed by atoms with Crippen LogP contribution in [0.25, 0.3) is 0 Å². The molecule has 1 aromatic heterocycles. The molecule has 0 bridgehead atoms. The van der Waals surface area contributed by atoms with Gasteiger partial charge in [0.1, 0.15) is 6.61 Å². The van der Waals surface area contributed by atoms with E-state index < -0.39 is 12.8 Å². The van der Waals surface area contributed by atoms with Crippen LogP contribution in [0.5, 0.6) is 0 Å². The van der Waals surface area contributed by atoms with Crippen LogP contribution in [0.3, 0.4) is 0 Å². The highest BCUT2D eigenvalue weighted by atomic mass is 19.4. The van der Waals surface area contributed by atoms with E-state index in [1.165, 1.54) is 0 Å². The summed E-state index contributed by atoms with van der Waals surface area (Å²) >= 11 is 0. The molecular formula is C13H22F3N3O. The molecule has 1 heterocycles. The van der Waals surface area contributed by atoms with Crippen molar-refractivity contribution >= 4 is 0 Å². The summed E-state index contributed by atoms with van der Waals surface area (Å²) in [4.78, 5) is 0. The van der Waals surface area contributed by atoms with Crippen LogP contribution in [0.2, 0.25) is 0 Å². The maximum absolute atomic E-state index is 12.0. The fourth-order valence-electron chi connectivity index (χ4n) is 1.73. The first-order valence-electron chi connectivity index (χ1n) is 6.71. The number of hydrogen-bond acceptors (Lipinski definition) is 3. The lowest BCUT2D eigenvalue weighted by Gasteiger charge is -2.16. The zero-order valence-electron chi connectivity index (χ0n) is 12.1. The third kappa shape index (κ3) is 5.92. The molecule has 116 valence electrons. The molecule has 20 heavy (non-hydrogen) atoms. The molecular weight excluding hydrogens is 271 g/mol. The number of likely N-dealkylation sites (N-methyl/N-ethyl adjacent to an activating group) is 1. The van der Waals surface area contributed by atoms with Crippen molar-refractivity contribution < 1.29 is 17.9 Å². The molecule has 0 aromatic carbocycles. The Balaban J connectivity index is 2.45. The minimum Gasteiger partial charge on any atom is -0.370 e. The van der Waals surface area contributed by atoms with E-state index in [9.17, 15) is 13.2 Å². The molecule has 2 atom stereocenters. The Labute approximate surface area is 117 Å². The number of hydrogen-bond donors (Lipinski definition) is 1. The predicted octanol–water partition coefficient (Wildman–Crippen LogP) is 2.56. The van der Waals surface area contributed by atoms with E-state index >= 15 is 0 Å². The smallest absolute Gasteiger partial charge is 0.370 e. The van der Waals surface area contributed by atoms with E-state index in [4.69, 9.17) is 0 Å². The van der Waals surface area contributed by atoms with Crippen LogP contribution in [0, 0.1) is 0 Å². The van der Waals surface area contributed by atoms with Crippen molar-refractivity contribution in [3.63, 3.8) is 0 Å². The first kappa shape index (κ1) is 17.0. The van der Waals surface area contributed by atoms with Crippen molar-refractivity contribution in [2.24, 2.45) is 0 Å². The van der Waals surface area contributed by atoms with Gasteiger partial charge < -0.3 is 10.1 Å². The summed E-state index contributed by atoms with van der Waals surface area (Å²) in [5.41, 5.74) is 0.847. The van der Waals surface area contributed by atoms with Crippen LogP contribution in [-0.2, 0) is 11.2 Å². The summed E-state index contributed by atoms with van der Waals surface area (Å²) in [5, 5.41) is 7.37. The average Bonchev–Trinajstić information content (AvgIpc) is 2.83. The molecule has 0 amide bonds. The molecule has 0 saturated heterocycles. The van der Waals surface area contributed by atoms with E-state index in [0.717, 1.165) is 12.1 Å². The quantitative estimate of drug-likeness (QED) is 0.800. The van der Waals surface area contributed by atoms with E-state index in [1.807, 2.05) is 16.9 Å². The molecule has 0 fully saturated rings. The van der Waals surface area contributed by atoms with Crippen molar-refractivity contribution in [2.45, 2.75) is 44.9 Å². The van der Waals surface area contributed by atoms with Gasteiger partial charge in [0.05, 0.1) is 12.3 Å². The summed E-state index contributed by atoms with van der Waals surface area (Å²) in [5.74, 6) is 0. The summed E-state index contributed by atoms with van der Waals surface area (Å²) < 4.78 is 42.6. The van der Waals surface area contributed by atoms with Gasteiger partial charge in [0, 0.05) is 24.7 Å². The van der Waals surface area contributed by atoms with Crippen molar-refractivity contribution in [2.75, 3.05) is 20.3 Å². The molecule has 0 aliphatic heterocycles. The second-order valence-electron chi connectivity index (χ2n) is 4.86. The number of halogens is 3. The molecule has 1 rings (SSSR count). The number of rotatable bonds is 8. The Kier molecular flexibility index (Phi) is 6.48. The van der Waals surface area contributed by atoms with Gasteiger partial charge in [-0.1, -0.05) is 6.92 Å². The highest BCUT2D eigenvalue weighted by molar-refractivity contribution is 5.02. The number of nitrogens with zero attached hydrogens (tertiary/aromatic N) is 2. The summed E-state index contributed by atoms with van der Waals surface area (Å²) in [7, 11) is 1.70. The largest absolute Gasteiger partial charge is 0.411 e. The standard InChI is InChI=1S/C13H22F3N3O/c1-4-10(2)19-6-5-11(18-19)7-12(17-3)8-20-9-13(14,15)16/h5-6,10,12,17H,4,7-9H2,1-3H3. The summed E-state index contributed by atoms with van der Waals surface area (Å²) in [6, 6.07) is 2.02. The van der Waals surface area contributed by atoms with Crippen LogP contribution >= 0.6 is 0 Å². The zero-order valence-corrected chi connectivity index (χ0v) is 12.1. The van der Waals surface area contributed by atoms with E-state index in [2.05, 4.69) is 29.0 Å². The molecule has 0 aliphatic rings. The average molecular weight is 293 g/mol. The van der Waals surface area contributed by atoms with Crippen molar-refractivity contribution in [1.29, 1.82) is 0 Å². The van der Waals surface area contributed by atoms with Crippen molar-refractivity contribution in [1.82, 2.24) is 15.1 Å². The topological polar surface area (TPSA) is 39.1 Å². The zero-order chi connectivity index (χ0) is 15.2. The summed E-state index contributed by atoms with van der Waals surface area (Å²) in [6.45, 7) is 2.94. The van der Waals surface area contributed by atoms with Crippen LogP contribution in [0.1, 0.15) is 32.0 Å². The second-order valence-corrected chi connectivity index (χ2v) is 4.86. The van der Waals surface area contributed by atoms with Crippen LogP contribution < -0.4 is 5.32 Å². The Hall–Kier alpha value is -1.08. The highest BCUT2D eigenvalue weighted by Gasteiger charge is 2.27. The fraction of sp³-hybridized carbons (Fsp3) is 0.769. The van der Waals surface area contributed by atoms with Crippen LogP contribution in [-0.4, -0.2) is 42.3 Å². The molecule has 0 spiro atoms. The van der Waals surface area contributed by atoms with Gasteiger partial charge in [0.15, 0.2) is 0 Å². The van der Waals surface area contributed by atoms with E-state index in [1.54, 1.807) is 7.05 Å². The van der Waals surface area contributed by atoms with E-state index in [0.29, 0.717) is 12.5 Å². The van der Waals surface area contributed by atoms with Gasteiger partial charge in [0.2, 0.25) is 0 Å². The first-order valence-corrected chi connectivity index (χ1v) is 6.71. The minimum absolute atomic E-state index is 0.00615. The van der Waals surface area contributed by atoms with Gasteiger partial charge in [-0.3, -0.25) is 4.68 Å². The third-order valence-electron chi connectivity index (χ3n) is 3.15. The van der Waals surface area contributed by atoms with Gasteiger partial charge in [0.25, 0.3) is 0 Å². The van der Waals surface area contributed by atoms with Crippen LogP contribution in [0.15, 0.2) is 12.3 Å². The molecule has 7 heteroatoms. The van der Waals surface area contributed by atoms with E-state index in [-0.39, 0.29) is 12.6 Å². The Morgan fingerprint density at radius 1 is 1.45 bits per heavy atom. The van der Waals surface area contributed by atoms with Gasteiger partial charge >= 0.3 is 6.18 Å². The lowest BCUT2D eigenvalue weighted by atomic mass is 10.2. The lowest BCUT2D eigenvalue weighted by Crippen LogP contribution is -2.34. The van der Waals surface area contributed by atoms with Crippen molar-refractivity contribution in [3.8, 4) is 0 Å². The first-order chi connectivity index (χ1) is 9.35. The molecule has 0 radical (unpaired) electrons. The molecule has 0 aliphatic carbocycles. The SMILES string of the molecule is CCC(C)n1ccc(CC(COCC(F)(F)F)NC)n1. The fourth-order valence-corrected chi connectivity index (χ4v) is 1.73. The third-order valence-corrected chi connectivity index (χ3v) is 3.15. The lowest BCUT2D eigenvalue weighted by molar-refractivity contribution is -0.175. The number of ether oxygens (including phenoxy) is 1. The normalized spacial score (nSPS) is 15.3.